The zero-order valence-electron chi connectivity index (χ0n) is 16.5. The van der Waals surface area contributed by atoms with E-state index in [0.29, 0.717) is 60.0 Å². The van der Waals surface area contributed by atoms with E-state index in [-0.39, 0.29) is 0 Å². The number of piperazine rings is 1. The summed E-state index contributed by atoms with van der Waals surface area (Å²) in [6.07, 6.45) is 0. The third-order valence-corrected chi connectivity index (χ3v) is 7.42. The smallest absolute Gasteiger partial charge is 0.243 e. The van der Waals surface area contributed by atoms with Gasteiger partial charge in [-0.1, -0.05) is 37.6 Å². The number of benzene rings is 2. The van der Waals surface area contributed by atoms with Crippen LogP contribution in [0.1, 0.15) is 31.2 Å². The van der Waals surface area contributed by atoms with E-state index in [1.54, 1.807) is 28.6 Å². The predicted molar refractivity (Wildman–Crippen MR) is 114 cm³/mol. The van der Waals surface area contributed by atoms with Crippen LogP contribution in [-0.4, -0.2) is 48.8 Å². The minimum atomic E-state index is -3.47. The lowest BCUT2D eigenvalue weighted by Gasteiger charge is -2.33. The second-order valence-electron chi connectivity index (χ2n) is 7.62. The van der Waals surface area contributed by atoms with Gasteiger partial charge in [-0.15, -0.1) is 0 Å². The standard InChI is InChI=1S/C21H24ClN3O3S/c1-15(2)16-3-6-18(7-4-16)29(26,27)25-11-9-24(10-12-25)14-21-23-19-13-17(22)5-8-20(19)28-21/h3-8,13,15H,9-12,14H2,1-2H3. The molecule has 8 heteroatoms. The molecule has 2 aromatic carbocycles. The van der Waals surface area contributed by atoms with E-state index in [9.17, 15) is 8.42 Å². The summed E-state index contributed by atoms with van der Waals surface area (Å²) in [6.45, 7) is 6.87. The van der Waals surface area contributed by atoms with Crippen LogP contribution in [0.3, 0.4) is 0 Å². The summed E-state index contributed by atoms with van der Waals surface area (Å²) in [5, 5.41) is 0.623. The van der Waals surface area contributed by atoms with E-state index in [1.807, 2.05) is 18.2 Å². The van der Waals surface area contributed by atoms with E-state index in [0.717, 1.165) is 11.1 Å². The van der Waals surface area contributed by atoms with Crippen molar-refractivity contribution >= 4 is 32.7 Å². The molecule has 0 unspecified atom stereocenters. The van der Waals surface area contributed by atoms with E-state index < -0.39 is 10.0 Å². The average Bonchev–Trinajstić information content (AvgIpc) is 3.09. The topological polar surface area (TPSA) is 66.7 Å². The molecule has 6 nitrogen and oxygen atoms in total. The Bertz CT molecular complexity index is 1100. The van der Waals surface area contributed by atoms with Crippen LogP contribution in [0.2, 0.25) is 5.02 Å². The van der Waals surface area contributed by atoms with Gasteiger partial charge < -0.3 is 4.42 Å². The molecule has 1 saturated heterocycles. The number of aromatic nitrogens is 1. The number of halogens is 1. The van der Waals surface area contributed by atoms with Gasteiger partial charge in [0.1, 0.15) is 5.52 Å². The van der Waals surface area contributed by atoms with Gasteiger partial charge in [0.2, 0.25) is 15.9 Å². The van der Waals surface area contributed by atoms with Crippen molar-refractivity contribution in [2.75, 3.05) is 26.2 Å². The lowest BCUT2D eigenvalue weighted by Crippen LogP contribution is -2.48. The highest BCUT2D eigenvalue weighted by Crippen LogP contribution is 2.23. The highest BCUT2D eigenvalue weighted by Gasteiger charge is 2.29. The summed E-state index contributed by atoms with van der Waals surface area (Å²) >= 11 is 6.00. The van der Waals surface area contributed by atoms with Gasteiger partial charge in [0.15, 0.2) is 5.58 Å². The molecular formula is C21H24ClN3O3S. The van der Waals surface area contributed by atoms with Crippen molar-refractivity contribution in [1.29, 1.82) is 0 Å². The SMILES string of the molecule is CC(C)c1ccc(S(=O)(=O)N2CCN(Cc3nc4cc(Cl)ccc4o3)CC2)cc1. The van der Waals surface area contributed by atoms with Gasteiger partial charge in [0.25, 0.3) is 0 Å². The first-order valence-electron chi connectivity index (χ1n) is 9.70. The Balaban J connectivity index is 1.40. The fourth-order valence-corrected chi connectivity index (χ4v) is 5.10. The summed E-state index contributed by atoms with van der Waals surface area (Å²) in [5.74, 6) is 0.987. The van der Waals surface area contributed by atoms with Crippen molar-refractivity contribution in [1.82, 2.24) is 14.2 Å². The molecule has 1 aliphatic heterocycles. The maximum absolute atomic E-state index is 12.9. The minimum absolute atomic E-state index is 0.353. The van der Waals surface area contributed by atoms with E-state index in [1.165, 1.54) is 0 Å². The van der Waals surface area contributed by atoms with Gasteiger partial charge in [-0.05, 0) is 41.8 Å². The summed E-state index contributed by atoms with van der Waals surface area (Å²) in [5.41, 5.74) is 2.57. The van der Waals surface area contributed by atoms with Gasteiger partial charge >= 0.3 is 0 Å². The lowest BCUT2D eigenvalue weighted by molar-refractivity contribution is 0.169. The number of hydrogen-bond donors (Lipinski definition) is 0. The molecule has 3 aromatic rings. The molecule has 0 spiro atoms. The third kappa shape index (κ3) is 4.33. The Morgan fingerprint density at radius 2 is 1.76 bits per heavy atom. The Morgan fingerprint density at radius 3 is 2.41 bits per heavy atom. The average molecular weight is 434 g/mol. The first kappa shape index (κ1) is 20.3. The van der Waals surface area contributed by atoms with Crippen LogP contribution < -0.4 is 0 Å². The van der Waals surface area contributed by atoms with Crippen molar-refractivity contribution < 1.29 is 12.8 Å². The first-order valence-corrected chi connectivity index (χ1v) is 11.5. The quantitative estimate of drug-likeness (QED) is 0.605. The maximum Gasteiger partial charge on any atom is 0.243 e. The van der Waals surface area contributed by atoms with E-state index in [4.69, 9.17) is 16.0 Å². The molecule has 0 radical (unpaired) electrons. The fraction of sp³-hybridized carbons (Fsp3) is 0.381. The van der Waals surface area contributed by atoms with Crippen molar-refractivity contribution in [3.63, 3.8) is 0 Å². The van der Waals surface area contributed by atoms with Crippen molar-refractivity contribution in [2.45, 2.75) is 31.2 Å². The molecule has 1 fully saturated rings. The molecule has 0 atom stereocenters. The van der Waals surface area contributed by atoms with Crippen LogP contribution in [0.4, 0.5) is 0 Å². The van der Waals surface area contributed by atoms with Crippen molar-refractivity contribution in [2.24, 2.45) is 0 Å². The number of sulfonamides is 1. The number of fused-ring (bicyclic) bond motifs is 1. The molecule has 0 bridgehead atoms. The van der Waals surface area contributed by atoms with E-state index in [2.05, 4.69) is 23.7 Å². The second kappa shape index (κ2) is 8.07. The molecule has 29 heavy (non-hydrogen) atoms. The Hall–Kier alpha value is -1.93. The molecule has 0 saturated carbocycles. The van der Waals surface area contributed by atoms with Gasteiger partial charge in [-0.2, -0.15) is 4.31 Å². The number of hydrogen-bond acceptors (Lipinski definition) is 5. The van der Waals surface area contributed by atoms with Gasteiger partial charge in [-0.25, -0.2) is 13.4 Å². The first-order chi connectivity index (χ1) is 13.8. The number of oxazole rings is 1. The van der Waals surface area contributed by atoms with Crippen LogP contribution >= 0.6 is 11.6 Å². The summed E-state index contributed by atoms with van der Waals surface area (Å²) < 4.78 is 33.2. The maximum atomic E-state index is 12.9. The van der Waals surface area contributed by atoms with Gasteiger partial charge in [0, 0.05) is 31.2 Å². The number of nitrogens with zero attached hydrogens (tertiary/aromatic N) is 3. The van der Waals surface area contributed by atoms with Crippen molar-refractivity contribution in [3.8, 4) is 0 Å². The molecule has 0 N–H and O–H groups in total. The minimum Gasteiger partial charge on any atom is -0.439 e. The second-order valence-corrected chi connectivity index (χ2v) is 10.00. The fourth-order valence-electron chi connectivity index (χ4n) is 3.51. The molecular weight excluding hydrogens is 410 g/mol. The zero-order chi connectivity index (χ0) is 20.6. The molecule has 1 aromatic heterocycles. The van der Waals surface area contributed by atoms with Gasteiger partial charge in [-0.3, -0.25) is 4.90 Å². The molecule has 2 heterocycles. The Kier molecular flexibility index (Phi) is 5.66. The largest absolute Gasteiger partial charge is 0.439 e. The summed E-state index contributed by atoms with van der Waals surface area (Å²) in [4.78, 5) is 6.99. The summed E-state index contributed by atoms with van der Waals surface area (Å²) in [6, 6.07) is 12.6. The molecule has 1 aliphatic rings. The monoisotopic (exact) mass is 433 g/mol. The Labute approximate surface area is 176 Å². The highest BCUT2D eigenvalue weighted by atomic mass is 35.5. The highest BCUT2D eigenvalue weighted by molar-refractivity contribution is 7.89. The molecule has 4 rings (SSSR count). The van der Waals surface area contributed by atoms with Crippen LogP contribution in [0.15, 0.2) is 51.8 Å². The van der Waals surface area contributed by atoms with Crippen LogP contribution in [0.25, 0.3) is 11.1 Å². The lowest BCUT2D eigenvalue weighted by atomic mass is 10.0. The zero-order valence-corrected chi connectivity index (χ0v) is 18.1. The summed E-state index contributed by atoms with van der Waals surface area (Å²) in [7, 11) is -3.47. The van der Waals surface area contributed by atoms with Crippen molar-refractivity contribution in [3.05, 3.63) is 58.9 Å². The predicted octanol–water partition coefficient (Wildman–Crippen LogP) is 4.11. The normalized spacial score (nSPS) is 16.7. The van der Waals surface area contributed by atoms with Crippen LogP contribution in [0.5, 0.6) is 0 Å². The third-order valence-electron chi connectivity index (χ3n) is 5.27. The van der Waals surface area contributed by atoms with Crippen LogP contribution in [0, 0.1) is 0 Å². The molecule has 0 aliphatic carbocycles. The number of rotatable bonds is 5. The Morgan fingerprint density at radius 1 is 1.07 bits per heavy atom. The molecule has 154 valence electrons. The van der Waals surface area contributed by atoms with Gasteiger partial charge in [0.05, 0.1) is 11.4 Å². The van der Waals surface area contributed by atoms with E-state index >= 15 is 0 Å². The molecule has 0 amide bonds. The van der Waals surface area contributed by atoms with Crippen LogP contribution in [-0.2, 0) is 16.6 Å².